The lowest BCUT2D eigenvalue weighted by atomic mass is 9.84. The lowest BCUT2D eigenvalue weighted by Gasteiger charge is -2.26. The first-order valence-electron chi connectivity index (χ1n) is 6.11. The summed E-state index contributed by atoms with van der Waals surface area (Å²) in [6, 6.07) is 8.65. The Morgan fingerprint density at radius 3 is 2.71 bits per heavy atom. The van der Waals surface area contributed by atoms with E-state index in [1.54, 1.807) is 30.6 Å². The zero-order chi connectivity index (χ0) is 15.0. The molecule has 1 aliphatic heterocycles. The van der Waals surface area contributed by atoms with E-state index in [9.17, 15) is 10.4 Å². The molecule has 3 rings (SSSR count). The predicted octanol–water partition coefficient (Wildman–Crippen LogP) is 2.66. The minimum Gasteiger partial charge on any atom is -0.506 e. The van der Waals surface area contributed by atoms with Crippen molar-refractivity contribution in [3.63, 3.8) is 0 Å². The van der Waals surface area contributed by atoms with Crippen LogP contribution in [-0.4, -0.2) is 10.1 Å². The number of nitrogens with zero attached hydrogens (tertiary/aromatic N) is 2. The number of ether oxygens (including phenoxy) is 1. The van der Waals surface area contributed by atoms with Crippen molar-refractivity contribution in [2.45, 2.75) is 5.92 Å². The van der Waals surface area contributed by atoms with Gasteiger partial charge in [-0.2, -0.15) is 5.26 Å². The van der Waals surface area contributed by atoms with Gasteiger partial charge in [0.2, 0.25) is 5.88 Å². The second kappa shape index (κ2) is 5.00. The minimum absolute atomic E-state index is 0.0218. The van der Waals surface area contributed by atoms with E-state index in [0.29, 0.717) is 16.9 Å². The molecule has 5 nitrogen and oxygen atoms in total. The highest BCUT2D eigenvalue weighted by Crippen LogP contribution is 2.45. The smallest absolute Gasteiger partial charge is 0.205 e. The molecule has 1 atom stereocenters. The van der Waals surface area contributed by atoms with Gasteiger partial charge in [-0.15, -0.1) is 0 Å². The van der Waals surface area contributed by atoms with Crippen molar-refractivity contribution in [1.29, 1.82) is 5.26 Å². The van der Waals surface area contributed by atoms with Crippen molar-refractivity contribution in [1.82, 2.24) is 4.98 Å². The predicted molar refractivity (Wildman–Crippen MR) is 76.7 cm³/mol. The fourth-order valence-corrected chi connectivity index (χ4v) is 2.54. The third-order valence-corrected chi connectivity index (χ3v) is 3.63. The van der Waals surface area contributed by atoms with Gasteiger partial charge in [0.15, 0.2) is 0 Å². The number of aromatic hydroxyl groups is 1. The molecular formula is C15H10ClN3O2. The molecule has 21 heavy (non-hydrogen) atoms. The van der Waals surface area contributed by atoms with Crippen molar-refractivity contribution < 1.29 is 9.84 Å². The van der Waals surface area contributed by atoms with Gasteiger partial charge in [0.25, 0.3) is 0 Å². The number of aromatic nitrogens is 1. The van der Waals surface area contributed by atoms with Gasteiger partial charge in [-0.05, 0) is 23.8 Å². The average Bonchev–Trinajstić information content (AvgIpc) is 2.49. The zero-order valence-corrected chi connectivity index (χ0v) is 11.5. The molecule has 0 unspecified atom stereocenters. The van der Waals surface area contributed by atoms with Gasteiger partial charge in [0.1, 0.15) is 23.1 Å². The van der Waals surface area contributed by atoms with Crippen LogP contribution in [0.1, 0.15) is 17.0 Å². The maximum absolute atomic E-state index is 9.70. The summed E-state index contributed by atoms with van der Waals surface area (Å²) in [5.41, 5.74) is 7.65. The Balaban J connectivity index is 2.26. The second-order valence-corrected chi connectivity index (χ2v) is 4.95. The standard InChI is InChI=1S/C15H10ClN3O2/c16-11-5-9-13(6-12(11)20)21-15(18)10(7-17)14(9)8-1-3-19-4-2-8/h1-6,14,20H,18H2/t14-/m1/s1. The van der Waals surface area contributed by atoms with Crippen LogP contribution in [0.5, 0.6) is 11.5 Å². The normalized spacial score (nSPS) is 16.9. The van der Waals surface area contributed by atoms with Crippen LogP contribution in [0, 0.1) is 11.3 Å². The highest BCUT2D eigenvalue weighted by molar-refractivity contribution is 6.32. The zero-order valence-electron chi connectivity index (χ0n) is 10.7. The van der Waals surface area contributed by atoms with Crippen LogP contribution in [0.15, 0.2) is 48.1 Å². The largest absolute Gasteiger partial charge is 0.506 e. The fraction of sp³-hybridized carbons (Fsp3) is 0.0667. The summed E-state index contributed by atoms with van der Waals surface area (Å²) in [5, 5.41) is 19.3. The monoisotopic (exact) mass is 299 g/mol. The number of fused-ring (bicyclic) bond motifs is 1. The summed E-state index contributed by atoms with van der Waals surface area (Å²) in [6.45, 7) is 0. The summed E-state index contributed by atoms with van der Waals surface area (Å²) in [4.78, 5) is 3.97. The summed E-state index contributed by atoms with van der Waals surface area (Å²) in [6.07, 6.45) is 3.27. The van der Waals surface area contributed by atoms with Gasteiger partial charge in [-0.25, -0.2) is 0 Å². The van der Waals surface area contributed by atoms with E-state index in [1.807, 2.05) is 0 Å². The number of hydrogen-bond acceptors (Lipinski definition) is 5. The number of hydrogen-bond donors (Lipinski definition) is 2. The molecule has 1 aliphatic rings. The molecule has 104 valence electrons. The average molecular weight is 300 g/mol. The Kier molecular flexibility index (Phi) is 3.16. The first-order valence-corrected chi connectivity index (χ1v) is 6.49. The number of nitrogens with two attached hydrogens (primary N) is 1. The SMILES string of the molecule is N#CC1=C(N)Oc2cc(O)c(Cl)cc2[C@H]1c1ccncc1. The highest BCUT2D eigenvalue weighted by Gasteiger charge is 2.31. The van der Waals surface area contributed by atoms with E-state index >= 15 is 0 Å². The molecule has 0 amide bonds. The molecule has 2 aromatic rings. The number of nitriles is 1. The number of pyridine rings is 1. The molecule has 0 saturated heterocycles. The second-order valence-electron chi connectivity index (χ2n) is 4.55. The quantitative estimate of drug-likeness (QED) is 0.844. The molecule has 6 heteroatoms. The number of rotatable bonds is 1. The van der Waals surface area contributed by atoms with Crippen LogP contribution >= 0.6 is 11.6 Å². The number of phenolic OH excluding ortho intramolecular Hbond substituents is 1. The molecule has 0 spiro atoms. The fourth-order valence-electron chi connectivity index (χ4n) is 2.36. The molecule has 1 aromatic carbocycles. The minimum atomic E-state index is -0.403. The van der Waals surface area contributed by atoms with Crippen molar-refractivity contribution in [2.24, 2.45) is 5.73 Å². The lowest BCUT2D eigenvalue weighted by Crippen LogP contribution is -2.21. The van der Waals surface area contributed by atoms with E-state index in [4.69, 9.17) is 22.1 Å². The molecule has 0 bridgehead atoms. The van der Waals surface area contributed by atoms with Crippen LogP contribution in [0.3, 0.4) is 0 Å². The lowest BCUT2D eigenvalue weighted by molar-refractivity contribution is 0.388. The van der Waals surface area contributed by atoms with Gasteiger partial charge >= 0.3 is 0 Å². The third-order valence-electron chi connectivity index (χ3n) is 3.32. The molecule has 1 aromatic heterocycles. The van der Waals surface area contributed by atoms with E-state index in [1.165, 1.54) is 6.07 Å². The molecule has 2 heterocycles. The van der Waals surface area contributed by atoms with Crippen LogP contribution in [0.2, 0.25) is 5.02 Å². The molecule has 0 saturated carbocycles. The molecule has 0 fully saturated rings. The number of benzene rings is 1. The van der Waals surface area contributed by atoms with Crippen molar-refractivity contribution >= 4 is 11.6 Å². The molecule has 3 N–H and O–H groups in total. The Labute approximate surface area is 125 Å². The van der Waals surface area contributed by atoms with E-state index in [2.05, 4.69) is 11.1 Å². The first kappa shape index (κ1) is 13.3. The Morgan fingerprint density at radius 2 is 2.05 bits per heavy atom. The summed E-state index contributed by atoms with van der Waals surface area (Å²) in [7, 11) is 0. The van der Waals surface area contributed by atoms with E-state index in [0.717, 1.165) is 5.56 Å². The van der Waals surface area contributed by atoms with Crippen molar-refractivity contribution in [3.05, 3.63) is 64.3 Å². The maximum atomic E-state index is 9.70. The van der Waals surface area contributed by atoms with Crippen LogP contribution < -0.4 is 10.5 Å². The number of allylic oxidation sites excluding steroid dienone is 1. The molecular weight excluding hydrogens is 290 g/mol. The van der Waals surface area contributed by atoms with Crippen molar-refractivity contribution in [3.8, 4) is 17.6 Å². The van der Waals surface area contributed by atoms with Crippen LogP contribution in [-0.2, 0) is 0 Å². The van der Waals surface area contributed by atoms with Gasteiger partial charge in [0, 0.05) is 24.0 Å². The highest BCUT2D eigenvalue weighted by atomic mass is 35.5. The van der Waals surface area contributed by atoms with Gasteiger partial charge in [0.05, 0.1) is 10.9 Å². The Bertz CT molecular complexity index is 781. The van der Waals surface area contributed by atoms with Crippen LogP contribution in [0.25, 0.3) is 0 Å². The number of halogens is 1. The van der Waals surface area contributed by atoms with Crippen LogP contribution in [0.4, 0.5) is 0 Å². The number of phenols is 1. The Hall–Kier alpha value is -2.71. The van der Waals surface area contributed by atoms with Gasteiger partial charge in [-0.3, -0.25) is 4.98 Å². The summed E-state index contributed by atoms with van der Waals surface area (Å²) < 4.78 is 5.42. The van der Waals surface area contributed by atoms with Crippen molar-refractivity contribution in [2.75, 3.05) is 0 Å². The molecule has 0 aliphatic carbocycles. The summed E-state index contributed by atoms with van der Waals surface area (Å²) in [5.74, 6) is -0.0966. The van der Waals surface area contributed by atoms with E-state index < -0.39 is 5.92 Å². The maximum Gasteiger partial charge on any atom is 0.205 e. The third kappa shape index (κ3) is 2.16. The Morgan fingerprint density at radius 1 is 1.33 bits per heavy atom. The topological polar surface area (TPSA) is 92.2 Å². The van der Waals surface area contributed by atoms with E-state index in [-0.39, 0.29) is 16.7 Å². The molecule has 0 radical (unpaired) electrons. The first-order chi connectivity index (χ1) is 10.1. The van der Waals surface area contributed by atoms with Gasteiger partial charge < -0.3 is 15.6 Å². The van der Waals surface area contributed by atoms with Gasteiger partial charge in [-0.1, -0.05) is 11.6 Å². The summed E-state index contributed by atoms with van der Waals surface area (Å²) >= 11 is 5.98.